The van der Waals surface area contributed by atoms with Crippen LogP contribution in [0.15, 0.2) is 22.7 Å². The van der Waals surface area contributed by atoms with E-state index in [1.54, 1.807) is 6.07 Å². The zero-order valence-corrected chi connectivity index (χ0v) is 9.41. The van der Waals surface area contributed by atoms with E-state index in [1.807, 2.05) is 18.2 Å². The summed E-state index contributed by atoms with van der Waals surface area (Å²) in [6, 6.07) is 3.55. The fourth-order valence-electron chi connectivity index (χ4n) is 1.05. The first-order valence-corrected chi connectivity index (χ1v) is 4.92. The highest BCUT2D eigenvalue weighted by molar-refractivity contribution is 9.10. The predicted molar refractivity (Wildman–Crippen MR) is 60.4 cm³/mol. The summed E-state index contributed by atoms with van der Waals surface area (Å²) in [5, 5.41) is 9.64. The number of benzene rings is 1. The Hall–Kier alpha value is -1.00. The summed E-state index contributed by atoms with van der Waals surface area (Å²) in [7, 11) is 1.51. The summed E-state index contributed by atoms with van der Waals surface area (Å²) < 4.78 is 5.57. The number of hydrogen-bond acceptors (Lipinski definition) is 3. The highest BCUT2D eigenvalue weighted by Gasteiger charge is 2.08. The average molecular weight is 258 g/mol. The fourth-order valence-corrected chi connectivity index (χ4v) is 1.51. The third-order valence-corrected chi connectivity index (χ3v) is 2.60. The quantitative estimate of drug-likeness (QED) is 0.873. The van der Waals surface area contributed by atoms with Crippen molar-refractivity contribution in [3.05, 3.63) is 28.2 Å². The molecule has 0 saturated carbocycles. The van der Waals surface area contributed by atoms with Gasteiger partial charge in [-0.3, -0.25) is 0 Å². The van der Waals surface area contributed by atoms with Crippen LogP contribution in [-0.4, -0.2) is 18.8 Å². The van der Waals surface area contributed by atoms with E-state index in [2.05, 4.69) is 15.9 Å². The molecule has 4 heteroatoms. The second kappa shape index (κ2) is 5.02. The molecule has 0 atom stereocenters. The van der Waals surface area contributed by atoms with Crippen molar-refractivity contribution in [3.8, 4) is 11.5 Å². The first-order valence-electron chi connectivity index (χ1n) is 4.12. The van der Waals surface area contributed by atoms with E-state index in [9.17, 15) is 5.11 Å². The molecule has 0 unspecified atom stereocenters. The lowest BCUT2D eigenvalue weighted by Gasteiger charge is -2.06. The Bertz CT molecular complexity index is 350. The van der Waals surface area contributed by atoms with Crippen molar-refractivity contribution >= 4 is 22.0 Å². The number of ether oxygens (including phenoxy) is 1. The second-order valence-electron chi connectivity index (χ2n) is 2.66. The van der Waals surface area contributed by atoms with Crippen LogP contribution in [0.2, 0.25) is 0 Å². The molecule has 0 aromatic heterocycles. The van der Waals surface area contributed by atoms with Crippen LogP contribution in [0, 0.1) is 0 Å². The van der Waals surface area contributed by atoms with Gasteiger partial charge in [-0.2, -0.15) is 0 Å². The maximum absolute atomic E-state index is 9.64. The van der Waals surface area contributed by atoms with Gasteiger partial charge in [0.05, 0.1) is 11.6 Å². The van der Waals surface area contributed by atoms with Gasteiger partial charge in [-0.05, 0) is 33.6 Å². The van der Waals surface area contributed by atoms with Gasteiger partial charge < -0.3 is 15.6 Å². The molecule has 0 aliphatic rings. The van der Waals surface area contributed by atoms with Gasteiger partial charge in [0, 0.05) is 6.54 Å². The largest absolute Gasteiger partial charge is 0.503 e. The number of phenols is 1. The summed E-state index contributed by atoms with van der Waals surface area (Å²) in [6.07, 6.45) is 3.65. The molecular weight excluding hydrogens is 246 g/mol. The number of halogens is 1. The minimum Gasteiger partial charge on any atom is -0.503 e. The van der Waals surface area contributed by atoms with E-state index in [0.717, 1.165) is 5.56 Å². The van der Waals surface area contributed by atoms with E-state index < -0.39 is 0 Å². The number of rotatable bonds is 3. The van der Waals surface area contributed by atoms with Crippen LogP contribution >= 0.6 is 15.9 Å². The number of aromatic hydroxyl groups is 1. The molecule has 76 valence electrons. The van der Waals surface area contributed by atoms with E-state index in [4.69, 9.17) is 10.5 Å². The molecule has 0 heterocycles. The van der Waals surface area contributed by atoms with E-state index in [-0.39, 0.29) is 5.75 Å². The molecule has 0 aliphatic heterocycles. The van der Waals surface area contributed by atoms with Crippen molar-refractivity contribution in [1.82, 2.24) is 0 Å². The molecular formula is C10H12BrNO2. The zero-order chi connectivity index (χ0) is 10.6. The van der Waals surface area contributed by atoms with Crippen LogP contribution < -0.4 is 10.5 Å². The molecule has 1 aromatic carbocycles. The number of hydrogen-bond donors (Lipinski definition) is 2. The average Bonchev–Trinajstić information content (AvgIpc) is 2.20. The Labute approximate surface area is 91.3 Å². The Morgan fingerprint density at radius 2 is 2.29 bits per heavy atom. The summed E-state index contributed by atoms with van der Waals surface area (Å²) in [6.45, 7) is 0.471. The minimum absolute atomic E-state index is 0.103. The fraction of sp³-hybridized carbons (Fsp3) is 0.200. The molecule has 0 bridgehead atoms. The third-order valence-electron chi connectivity index (χ3n) is 1.76. The van der Waals surface area contributed by atoms with Crippen LogP contribution in [0.25, 0.3) is 6.08 Å². The Morgan fingerprint density at radius 1 is 1.57 bits per heavy atom. The predicted octanol–water partition coefficient (Wildman–Crippen LogP) is 2.14. The van der Waals surface area contributed by atoms with Gasteiger partial charge in [0.2, 0.25) is 0 Å². The van der Waals surface area contributed by atoms with Crippen molar-refractivity contribution in [2.24, 2.45) is 5.73 Å². The Balaban J connectivity index is 3.10. The van der Waals surface area contributed by atoms with E-state index in [0.29, 0.717) is 16.8 Å². The topological polar surface area (TPSA) is 55.5 Å². The molecule has 1 rings (SSSR count). The first kappa shape index (κ1) is 11.1. The highest BCUT2D eigenvalue weighted by Crippen LogP contribution is 2.36. The lowest BCUT2D eigenvalue weighted by molar-refractivity contribution is 0.372. The second-order valence-corrected chi connectivity index (χ2v) is 3.45. The Kier molecular flexibility index (Phi) is 3.98. The zero-order valence-electron chi connectivity index (χ0n) is 7.83. The summed E-state index contributed by atoms with van der Waals surface area (Å²) in [5.74, 6) is 0.549. The maximum atomic E-state index is 9.64. The summed E-state index contributed by atoms with van der Waals surface area (Å²) in [4.78, 5) is 0. The molecule has 0 saturated heterocycles. The lowest BCUT2D eigenvalue weighted by atomic mass is 10.2. The van der Waals surface area contributed by atoms with Gasteiger partial charge in [-0.15, -0.1) is 0 Å². The highest BCUT2D eigenvalue weighted by atomic mass is 79.9. The van der Waals surface area contributed by atoms with Crippen molar-refractivity contribution < 1.29 is 9.84 Å². The van der Waals surface area contributed by atoms with Gasteiger partial charge in [0.25, 0.3) is 0 Å². The Morgan fingerprint density at radius 3 is 2.86 bits per heavy atom. The van der Waals surface area contributed by atoms with E-state index in [1.165, 1.54) is 7.11 Å². The van der Waals surface area contributed by atoms with Gasteiger partial charge in [-0.1, -0.05) is 12.2 Å². The standard InChI is InChI=1S/C10H12BrNO2/c1-14-8-5-4-7(3-2-6-12)9(11)10(8)13/h2-5,13H,6,12H2,1H3/b3-2+. The maximum Gasteiger partial charge on any atom is 0.172 e. The van der Waals surface area contributed by atoms with Gasteiger partial charge in [0.1, 0.15) is 0 Å². The monoisotopic (exact) mass is 257 g/mol. The van der Waals surface area contributed by atoms with Crippen molar-refractivity contribution in [2.75, 3.05) is 13.7 Å². The molecule has 3 N–H and O–H groups in total. The van der Waals surface area contributed by atoms with Crippen molar-refractivity contribution in [3.63, 3.8) is 0 Å². The summed E-state index contributed by atoms with van der Waals surface area (Å²) >= 11 is 3.28. The number of methoxy groups -OCH3 is 1. The van der Waals surface area contributed by atoms with E-state index >= 15 is 0 Å². The molecule has 3 nitrogen and oxygen atoms in total. The van der Waals surface area contributed by atoms with Crippen LogP contribution in [0.1, 0.15) is 5.56 Å². The normalized spacial score (nSPS) is 10.8. The number of phenolic OH excluding ortho intramolecular Hbond substituents is 1. The van der Waals surface area contributed by atoms with Crippen molar-refractivity contribution in [2.45, 2.75) is 0 Å². The SMILES string of the molecule is COc1ccc(/C=C/CN)c(Br)c1O. The minimum atomic E-state index is 0.103. The summed E-state index contributed by atoms with van der Waals surface area (Å²) in [5.41, 5.74) is 6.20. The molecule has 0 fully saturated rings. The van der Waals surface area contributed by atoms with Crippen molar-refractivity contribution in [1.29, 1.82) is 0 Å². The smallest absolute Gasteiger partial charge is 0.172 e. The van der Waals surface area contributed by atoms with Crippen LogP contribution in [0.5, 0.6) is 11.5 Å². The van der Waals surface area contributed by atoms with Crippen LogP contribution in [0.3, 0.4) is 0 Å². The third kappa shape index (κ3) is 2.27. The van der Waals surface area contributed by atoms with Gasteiger partial charge >= 0.3 is 0 Å². The molecule has 0 amide bonds. The first-order chi connectivity index (χ1) is 6.70. The molecule has 1 aromatic rings. The molecule has 0 aliphatic carbocycles. The number of nitrogens with two attached hydrogens (primary N) is 1. The van der Waals surface area contributed by atoms with Crippen LogP contribution in [-0.2, 0) is 0 Å². The van der Waals surface area contributed by atoms with Gasteiger partial charge in [0.15, 0.2) is 11.5 Å². The molecule has 0 spiro atoms. The van der Waals surface area contributed by atoms with Crippen LogP contribution in [0.4, 0.5) is 0 Å². The molecule has 14 heavy (non-hydrogen) atoms. The van der Waals surface area contributed by atoms with Gasteiger partial charge in [-0.25, -0.2) is 0 Å². The molecule has 0 radical (unpaired) electrons. The lowest BCUT2D eigenvalue weighted by Crippen LogP contribution is -1.92.